The summed E-state index contributed by atoms with van der Waals surface area (Å²) in [5.74, 6) is 1.29. The van der Waals surface area contributed by atoms with Gasteiger partial charge in [-0.1, -0.05) is 29.8 Å². The minimum Gasteiger partial charge on any atom is -0.106 e. The monoisotopic (exact) mass is 182 g/mol. The lowest BCUT2D eigenvalue weighted by atomic mass is 10.4. The summed E-state index contributed by atoms with van der Waals surface area (Å²) in [6.45, 7) is 4.29. The van der Waals surface area contributed by atoms with Crippen LogP contribution in [-0.4, -0.2) is 3.78 Å². The van der Waals surface area contributed by atoms with Gasteiger partial charge in [0.15, 0.2) is 0 Å². The number of rotatable bonds is 0. The Morgan fingerprint density at radius 3 is 1.57 bits per heavy atom. The molecule has 0 aliphatic heterocycles. The summed E-state index contributed by atoms with van der Waals surface area (Å²) in [7, 11) is 0. The second kappa shape index (κ2) is 1.38. The van der Waals surface area contributed by atoms with E-state index in [1.165, 1.54) is 0 Å². The smallest absolute Gasteiger partial charge is 0.105 e. The molecule has 7 heavy (non-hydrogen) atoms. The molecule has 0 spiro atoms. The van der Waals surface area contributed by atoms with Crippen LogP contribution in [-0.2, 0) is 0 Å². The van der Waals surface area contributed by atoms with Crippen molar-refractivity contribution < 1.29 is 0 Å². The van der Waals surface area contributed by atoms with E-state index in [1.807, 2.05) is 0 Å². The maximum absolute atomic E-state index is 5.86. The van der Waals surface area contributed by atoms with Crippen LogP contribution in [0.1, 0.15) is 13.8 Å². The molecule has 1 unspecified atom stereocenters. The summed E-state index contributed by atoms with van der Waals surface area (Å²) >= 11 is 9.24. The topological polar surface area (TPSA) is 0 Å². The van der Waals surface area contributed by atoms with Crippen LogP contribution in [0.2, 0.25) is 0 Å². The Bertz CT molecular complexity index is 80.1. The second-order valence-corrected chi connectivity index (χ2v) is 4.65. The zero-order valence-corrected chi connectivity index (χ0v) is 6.75. The van der Waals surface area contributed by atoms with Gasteiger partial charge < -0.3 is 0 Å². The van der Waals surface area contributed by atoms with E-state index in [9.17, 15) is 0 Å². The fourth-order valence-corrected chi connectivity index (χ4v) is 1.65. The predicted molar refractivity (Wildman–Crippen MR) is 35.8 cm³/mol. The number of hydrogen-bond acceptors (Lipinski definition) is 0. The van der Waals surface area contributed by atoms with Gasteiger partial charge in [-0.05, 0) is 11.8 Å². The van der Waals surface area contributed by atoms with E-state index in [1.54, 1.807) is 0 Å². The van der Waals surface area contributed by atoms with Crippen molar-refractivity contribution in [1.82, 2.24) is 0 Å². The molecule has 0 amide bonds. The molecule has 0 aromatic rings. The lowest BCUT2D eigenvalue weighted by Gasteiger charge is -1.88. The molecule has 0 heterocycles. The highest BCUT2D eigenvalue weighted by Gasteiger charge is 2.56. The Morgan fingerprint density at radius 1 is 1.43 bits per heavy atom. The lowest BCUT2D eigenvalue weighted by molar-refractivity contribution is 0.834. The Balaban J connectivity index is 2.52. The van der Waals surface area contributed by atoms with Gasteiger partial charge in [0.2, 0.25) is 0 Å². The first-order valence-electron chi connectivity index (χ1n) is 2.44. The molecule has 1 fully saturated rings. The molecule has 0 aromatic heterocycles. The van der Waals surface area contributed by atoms with Crippen molar-refractivity contribution in [3.05, 3.63) is 0 Å². The quantitative estimate of drug-likeness (QED) is 0.507. The maximum atomic E-state index is 5.86. The van der Waals surface area contributed by atoms with E-state index in [0.29, 0.717) is 11.8 Å². The Morgan fingerprint density at radius 2 is 1.57 bits per heavy atom. The van der Waals surface area contributed by atoms with Crippen LogP contribution < -0.4 is 0 Å². The minimum absolute atomic E-state index is 0.0486. The molecule has 0 bridgehead atoms. The largest absolute Gasteiger partial charge is 0.106 e. The summed E-state index contributed by atoms with van der Waals surface area (Å²) < 4.78 is -0.0486. The van der Waals surface area contributed by atoms with Gasteiger partial charge in [0.1, 0.15) is 3.78 Å². The molecule has 1 rings (SSSR count). The molecular formula is C5H8BrCl. The molecule has 1 aliphatic rings. The first-order chi connectivity index (χ1) is 3.07. The molecule has 3 atom stereocenters. The maximum Gasteiger partial charge on any atom is 0.105 e. The van der Waals surface area contributed by atoms with E-state index in [-0.39, 0.29) is 3.78 Å². The third-order valence-corrected chi connectivity index (χ3v) is 3.99. The Hall–Kier alpha value is 0.770. The first kappa shape index (κ1) is 5.90. The number of alkyl halides is 2. The van der Waals surface area contributed by atoms with Crippen molar-refractivity contribution in [1.29, 1.82) is 0 Å². The molecule has 0 nitrogen and oxygen atoms in total. The zero-order chi connectivity index (χ0) is 5.65. The normalized spacial score (nSPS) is 60.0. The molecule has 1 saturated carbocycles. The van der Waals surface area contributed by atoms with E-state index in [0.717, 1.165) is 0 Å². The molecule has 0 N–H and O–H groups in total. The summed E-state index contributed by atoms with van der Waals surface area (Å²) in [5, 5.41) is 0. The van der Waals surface area contributed by atoms with Gasteiger partial charge in [-0.2, -0.15) is 0 Å². The van der Waals surface area contributed by atoms with Crippen molar-refractivity contribution >= 4 is 27.5 Å². The molecule has 0 aromatic carbocycles. The fourth-order valence-electron chi connectivity index (χ4n) is 0.674. The lowest BCUT2D eigenvalue weighted by Crippen LogP contribution is -1.83. The standard InChI is InChI=1S/C5H8BrCl/c1-3-4(2)5(3,6)7/h3-4H,1-2H3/t3-,4+,5?. The Kier molecular flexibility index (Phi) is 1.16. The van der Waals surface area contributed by atoms with E-state index in [2.05, 4.69) is 29.8 Å². The van der Waals surface area contributed by atoms with Crippen LogP contribution in [0.15, 0.2) is 0 Å². The van der Waals surface area contributed by atoms with Crippen molar-refractivity contribution in [3.63, 3.8) is 0 Å². The van der Waals surface area contributed by atoms with Crippen LogP contribution in [0.5, 0.6) is 0 Å². The van der Waals surface area contributed by atoms with Crippen molar-refractivity contribution in [2.24, 2.45) is 11.8 Å². The van der Waals surface area contributed by atoms with Crippen LogP contribution >= 0.6 is 27.5 Å². The molecule has 2 heteroatoms. The summed E-state index contributed by atoms with van der Waals surface area (Å²) in [5.41, 5.74) is 0. The van der Waals surface area contributed by atoms with Crippen molar-refractivity contribution in [2.75, 3.05) is 0 Å². The SMILES string of the molecule is C[C@@H]1[C@H](C)C1(Cl)Br. The predicted octanol–water partition coefficient (Wildman–Crippen LogP) is 2.60. The third kappa shape index (κ3) is 0.706. The second-order valence-electron chi connectivity index (χ2n) is 2.25. The summed E-state index contributed by atoms with van der Waals surface area (Å²) in [6, 6.07) is 0. The average molecular weight is 183 g/mol. The van der Waals surface area contributed by atoms with Crippen LogP contribution in [0.4, 0.5) is 0 Å². The van der Waals surface area contributed by atoms with Gasteiger partial charge in [0.05, 0.1) is 0 Å². The highest BCUT2D eigenvalue weighted by molar-refractivity contribution is 9.10. The number of halogens is 2. The molecule has 0 saturated heterocycles. The highest BCUT2D eigenvalue weighted by atomic mass is 79.9. The Labute approximate surface area is 57.4 Å². The van der Waals surface area contributed by atoms with Gasteiger partial charge in [0.25, 0.3) is 0 Å². The molecular weight excluding hydrogens is 175 g/mol. The van der Waals surface area contributed by atoms with Crippen molar-refractivity contribution in [2.45, 2.75) is 17.6 Å². The zero-order valence-electron chi connectivity index (χ0n) is 4.41. The van der Waals surface area contributed by atoms with E-state index in [4.69, 9.17) is 11.6 Å². The molecule has 1 aliphatic carbocycles. The fraction of sp³-hybridized carbons (Fsp3) is 1.00. The number of hydrogen-bond donors (Lipinski definition) is 0. The summed E-state index contributed by atoms with van der Waals surface area (Å²) in [4.78, 5) is 0. The van der Waals surface area contributed by atoms with Crippen LogP contribution in [0, 0.1) is 11.8 Å². The molecule has 42 valence electrons. The third-order valence-electron chi connectivity index (χ3n) is 1.86. The minimum atomic E-state index is -0.0486. The van der Waals surface area contributed by atoms with Crippen LogP contribution in [0.25, 0.3) is 0 Å². The molecule has 0 radical (unpaired) electrons. The van der Waals surface area contributed by atoms with Gasteiger partial charge in [-0.15, -0.1) is 11.6 Å². The highest BCUT2D eigenvalue weighted by Crippen LogP contribution is 2.59. The van der Waals surface area contributed by atoms with Gasteiger partial charge in [-0.25, -0.2) is 0 Å². The van der Waals surface area contributed by atoms with Gasteiger partial charge in [0, 0.05) is 0 Å². The van der Waals surface area contributed by atoms with Crippen LogP contribution in [0.3, 0.4) is 0 Å². The van der Waals surface area contributed by atoms with Gasteiger partial charge in [-0.3, -0.25) is 0 Å². The van der Waals surface area contributed by atoms with Crippen molar-refractivity contribution in [3.8, 4) is 0 Å². The summed E-state index contributed by atoms with van der Waals surface area (Å²) in [6.07, 6.45) is 0. The average Bonchev–Trinajstić information content (AvgIpc) is 1.91. The van der Waals surface area contributed by atoms with E-state index < -0.39 is 0 Å². The van der Waals surface area contributed by atoms with E-state index >= 15 is 0 Å². The van der Waals surface area contributed by atoms with Gasteiger partial charge >= 0.3 is 0 Å². The first-order valence-corrected chi connectivity index (χ1v) is 3.61.